The van der Waals surface area contributed by atoms with Gasteiger partial charge in [-0.3, -0.25) is 4.98 Å². The Labute approximate surface area is 258 Å². The van der Waals surface area contributed by atoms with Crippen LogP contribution >= 0.6 is 0 Å². The second kappa shape index (κ2) is 9.18. The van der Waals surface area contributed by atoms with Crippen LogP contribution in [0.5, 0.6) is 0 Å². The van der Waals surface area contributed by atoms with Gasteiger partial charge in [-0.25, -0.2) is 0 Å². The van der Waals surface area contributed by atoms with E-state index in [1.165, 1.54) is 60.2 Å². The van der Waals surface area contributed by atoms with Gasteiger partial charge in [-0.1, -0.05) is 78.9 Å². The van der Waals surface area contributed by atoms with Gasteiger partial charge in [-0.15, -0.1) is 0 Å². The monoisotopic (exact) mass is 574 g/mol. The molecular formula is C41H26N4. The van der Waals surface area contributed by atoms with Crippen LogP contribution in [0.15, 0.2) is 158 Å². The first-order valence-electron chi connectivity index (χ1n) is 15.3. The van der Waals surface area contributed by atoms with Gasteiger partial charge in [0.1, 0.15) is 0 Å². The molecule has 4 nitrogen and oxygen atoms in total. The largest absolute Gasteiger partial charge is 0.309 e. The minimum absolute atomic E-state index is 1.13. The third kappa shape index (κ3) is 3.34. The third-order valence-electron chi connectivity index (χ3n) is 9.32. The van der Waals surface area contributed by atoms with E-state index in [1.807, 2.05) is 12.4 Å². The molecule has 0 radical (unpaired) electrons. The van der Waals surface area contributed by atoms with Crippen LogP contribution in [-0.4, -0.2) is 18.7 Å². The predicted molar refractivity (Wildman–Crippen MR) is 187 cm³/mol. The van der Waals surface area contributed by atoms with Crippen LogP contribution in [0, 0.1) is 0 Å². The van der Waals surface area contributed by atoms with Crippen LogP contribution < -0.4 is 0 Å². The minimum Gasteiger partial charge on any atom is -0.309 e. The molecule has 4 heteroatoms. The Morgan fingerprint density at radius 3 is 1.56 bits per heavy atom. The lowest BCUT2D eigenvalue weighted by Crippen LogP contribution is -1.97. The molecule has 0 aliphatic rings. The molecule has 0 unspecified atom stereocenters. The Morgan fingerprint density at radius 1 is 0.333 bits per heavy atom. The van der Waals surface area contributed by atoms with Gasteiger partial charge < -0.3 is 13.7 Å². The number of nitrogens with zero attached hydrogens (tertiary/aromatic N) is 4. The SMILES string of the molecule is c1ccc(-n2c3ccccc3c3ccc4c(c5ccccc5n4-c4ccc(-n5c6ccccc6c6cnccc65)cc4)c32)cc1. The summed E-state index contributed by atoms with van der Waals surface area (Å²) in [6, 6.07) is 52.5. The van der Waals surface area contributed by atoms with Crippen LogP contribution in [0.25, 0.3) is 82.5 Å². The van der Waals surface area contributed by atoms with Crippen LogP contribution in [0.4, 0.5) is 0 Å². The highest BCUT2D eigenvalue weighted by molar-refractivity contribution is 6.26. The van der Waals surface area contributed by atoms with Crippen LogP contribution in [-0.2, 0) is 0 Å². The van der Waals surface area contributed by atoms with E-state index in [2.05, 4.69) is 164 Å². The molecule has 10 aromatic rings. The average Bonchev–Trinajstić information content (AvgIpc) is 3.75. The lowest BCUT2D eigenvalue weighted by atomic mass is 10.1. The summed E-state index contributed by atoms with van der Waals surface area (Å²) >= 11 is 0. The molecule has 0 aliphatic carbocycles. The van der Waals surface area contributed by atoms with Crippen molar-refractivity contribution >= 4 is 65.4 Å². The van der Waals surface area contributed by atoms with E-state index in [0.29, 0.717) is 0 Å². The molecule has 0 N–H and O–H groups in total. The molecule has 0 saturated carbocycles. The normalized spacial score (nSPS) is 12.0. The summed E-state index contributed by atoms with van der Waals surface area (Å²) in [5.41, 5.74) is 10.6. The fourth-order valence-corrected chi connectivity index (χ4v) is 7.48. The first-order valence-corrected chi connectivity index (χ1v) is 15.3. The van der Waals surface area contributed by atoms with Crippen molar-refractivity contribution in [3.05, 3.63) is 158 Å². The number of hydrogen-bond donors (Lipinski definition) is 0. The van der Waals surface area contributed by atoms with Crippen molar-refractivity contribution in [1.82, 2.24) is 18.7 Å². The van der Waals surface area contributed by atoms with Crippen LogP contribution in [0.2, 0.25) is 0 Å². The maximum absolute atomic E-state index is 4.42. The van der Waals surface area contributed by atoms with Gasteiger partial charge in [0.05, 0.1) is 33.1 Å². The van der Waals surface area contributed by atoms with E-state index >= 15 is 0 Å². The molecule has 0 spiro atoms. The van der Waals surface area contributed by atoms with Gasteiger partial charge >= 0.3 is 0 Å². The molecular weight excluding hydrogens is 548 g/mol. The minimum atomic E-state index is 1.13. The predicted octanol–water partition coefficient (Wildman–Crippen LogP) is 10.4. The number of pyridine rings is 1. The highest BCUT2D eigenvalue weighted by atomic mass is 15.0. The zero-order valence-corrected chi connectivity index (χ0v) is 24.3. The number of rotatable bonds is 3. The van der Waals surface area contributed by atoms with E-state index in [-0.39, 0.29) is 0 Å². The Kier molecular flexibility index (Phi) is 4.96. The van der Waals surface area contributed by atoms with Crippen molar-refractivity contribution in [3.8, 4) is 17.1 Å². The molecule has 0 bridgehead atoms. The van der Waals surface area contributed by atoms with Gasteiger partial charge in [0.2, 0.25) is 0 Å². The summed E-state index contributed by atoms with van der Waals surface area (Å²) in [6.45, 7) is 0. The molecule has 6 aromatic carbocycles. The second-order valence-corrected chi connectivity index (χ2v) is 11.7. The first kappa shape index (κ1) is 24.3. The highest BCUT2D eigenvalue weighted by Gasteiger charge is 2.20. The summed E-state index contributed by atoms with van der Waals surface area (Å²) < 4.78 is 7.19. The maximum atomic E-state index is 4.42. The Bertz CT molecular complexity index is 2690. The molecule has 0 atom stereocenters. The third-order valence-corrected chi connectivity index (χ3v) is 9.32. The number of hydrogen-bond acceptors (Lipinski definition) is 1. The number of fused-ring (bicyclic) bond motifs is 10. The maximum Gasteiger partial charge on any atom is 0.0641 e. The van der Waals surface area contributed by atoms with E-state index in [9.17, 15) is 0 Å². The molecule has 4 aromatic heterocycles. The Morgan fingerprint density at radius 2 is 0.844 bits per heavy atom. The van der Waals surface area contributed by atoms with E-state index in [0.717, 1.165) is 22.3 Å². The van der Waals surface area contributed by atoms with Gasteiger partial charge in [0, 0.05) is 61.8 Å². The molecule has 0 aliphatic heterocycles. The summed E-state index contributed by atoms with van der Waals surface area (Å²) in [6.07, 6.45) is 3.84. The number of aromatic nitrogens is 4. The fourth-order valence-electron chi connectivity index (χ4n) is 7.48. The fraction of sp³-hybridized carbons (Fsp3) is 0. The van der Waals surface area contributed by atoms with E-state index in [4.69, 9.17) is 0 Å². The topological polar surface area (TPSA) is 27.7 Å². The van der Waals surface area contributed by atoms with E-state index < -0.39 is 0 Å². The quantitative estimate of drug-likeness (QED) is 0.206. The lowest BCUT2D eigenvalue weighted by molar-refractivity contribution is 1.14. The van der Waals surface area contributed by atoms with Crippen molar-refractivity contribution in [2.24, 2.45) is 0 Å². The van der Waals surface area contributed by atoms with Gasteiger partial charge in [0.15, 0.2) is 0 Å². The summed E-state index contributed by atoms with van der Waals surface area (Å²) in [7, 11) is 0. The first-order chi connectivity index (χ1) is 22.4. The summed E-state index contributed by atoms with van der Waals surface area (Å²) in [5.74, 6) is 0. The zero-order chi connectivity index (χ0) is 29.5. The molecule has 0 amide bonds. The smallest absolute Gasteiger partial charge is 0.0641 e. The molecule has 0 fully saturated rings. The standard InChI is InChI=1S/C41H26N4/c1-2-10-27(11-3-1)45-36-16-8-4-12-30(36)32-22-23-39-40(41(32)45)33-14-6-9-17-37(33)44(39)29-20-18-28(19-21-29)43-35-15-7-5-13-31(35)34-26-42-25-24-38(34)43/h1-26H. The number of benzene rings is 6. The lowest BCUT2D eigenvalue weighted by Gasteiger charge is -2.12. The second-order valence-electron chi connectivity index (χ2n) is 11.7. The highest BCUT2D eigenvalue weighted by Crippen LogP contribution is 2.42. The molecule has 10 rings (SSSR count). The van der Waals surface area contributed by atoms with Crippen LogP contribution in [0.1, 0.15) is 0 Å². The molecule has 210 valence electrons. The van der Waals surface area contributed by atoms with Crippen molar-refractivity contribution < 1.29 is 0 Å². The Hall–Kier alpha value is -6.13. The molecule has 45 heavy (non-hydrogen) atoms. The van der Waals surface area contributed by atoms with Gasteiger partial charge in [0.25, 0.3) is 0 Å². The van der Waals surface area contributed by atoms with E-state index in [1.54, 1.807) is 0 Å². The van der Waals surface area contributed by atoms with Crippen molar-refractivity contribution in [2.45, 2.75) is 0 Å². The zero-order valence-electron chi connectivity index (χ0n) is 24.3. The number of para-hydroxylation sites is 4. The summed E-state index contributed by atoms with van der Waals surface area (Å²) in [4.78, 5) is 4.42. The van der Waals surface area contributed by atoms with Crippen molar-refractivity contribution in [3.63, 3.8) is 0 Å². The molecule has 0 saturated heterocycles. The van der Waals surface area contributed by atoms with Gasteiger partial charge in [-0.05, 0) is 66.7 Å². The van der Waals surface area contributed by atoms with Gasteiger partial charge in [-0.2, -0.15) is 0 Å². The van der Waals surface area contributed by atoms with Crippen LogP contribution in [0.3, 0.4) is 0 Å². The van der Waals surface area contributed by atoms with Crippen molar-refractivity contribution in [1.29, 1.82) is 0 Å². The summed E-state index contributed by atoms with van der Waals surface area (Å²) in [5, 5.41) is 7.42. The Balaban J connectivity index is 1.26. The molecule has 4 heterocycles. The average molecular weight is 575 g/mol. The van der Waals surface area contributed by atoms with Crippen molar-refractivity contribution in [2.75, 3.05) is 0 Å².